The molecule has 1 radical (unpaired) electrons. The standard InChI is InChI=1S/C6H7O2P.Mn.Na.H/c7-9(8)6-4-2-1-3-5-6;;;/h1-5,7-8H;;;/q;;+1;-1. The van der Waals surface area contributed by atoms with E-state index in [0.29, 0.717) is 5.30 Å². The molecule has 11 heavy (non-hydrogen) atoms. The van der Waals surface area contributed by atoms with Gasteiger partial charge >= 0.3 is 29.6 Å². The van der Waals surface area contributed by atoms with Gasteiger partial charge in [-0.25, -0.2) is 0 Å². The van der Waals surface area contributed by atoms with Crippen molar-refractivity contribution in [1.82, 2.24) is 0 Å². The van der Waals surface area contributed by atoms with E-state index in [0.717, 1.165) is 0 Å². The first-order valence-corrected chi connectivity index (χ1v) is 3.78. The van der Waals surface area contributed by atoms with Crippen molar-refractivity contribution in [2.75, 3.05) is 0 Å². The van der Waals surface area contributed by atoms with Gasteiger partial charge in [-0.2, -0.15) is 0 Å². The minimum atomic E-state index is -1.90. The summed E-state index contributed by atoms with van der Waals surface area (Å²) in [6, 6.07) is 8.76. The molecule has 0 unspecified atom stereocenters. The zero-order valence-corrected chi connectivity index (χ0v) is 10.2. The molecule has 0 bridgehead atoms. The fourth-order valence-corrected chi connectivity index (χ4v) is 1.00. The predicted octanol–water partition coefficient (Wildman–Crippen LogP) is -2.28. The molecule has 0 aliphatic carbocycles. The molecule has 2 N–H and O–H groups in total. The zero-order valence-electron chi connectivity index (χ0n) is 7.11. The van der Waals surface area contributed by atoms with Crippen LogP contribution < -0.4 is 34.9 Å². The molecule has 0 heterocycles. The summed E-state index contributed by atoms with van der Waals surface area (Å²) in [5.74, 6) is 0. The summed E-state index contributed by atoms with van der Waals surface area (Å²) in [5, 5.41) is 0.590. The van der Waals surface area contributed by atoms with E-state index < -0.39 is 8.38 Å². The molecule has 0 aromatic heterocycles. The Morgan fingerprint density at radius 1 is 1.09 bits per heavy atom. The minimum Gasteiger partial charge on any atom is -1.00 e. The third-order valence-corrected chi connectivity index (χ3v) is 1.75. The maximum absolute atomic E-state index is 8.64. The molecule has 0 aliphatic rings. The Hall–Kier alpha value is 1.09. The van der Waals surface area contributed by atoms with Gasteiger partial charge in [-0.15, -0.1) is 0 Å². The van der Waals surface area contributed by atoms with Crippen LogP contribution in [0.3, 0.4) is 0 Å². The van der Waals surface area contributed by atoms with E-state index in [1.807, 2.05) is 6.07 Å². The molecule has 0 fully saturated rings. The Morgan fingerprint density at radius 3 is 1.82 bits per heavy atom. The third kappa shape index (κ3) is 5.35. The summed E-state index contributed by atoms with van der Waals surface area (Å²) < 4.78 is 0. The van der Waals surface area contributed by atoms with Crippen LogP contribution in [0.5, 0.6) is 0 Å². The Balaban J connectivity index is -0.000000270. The van der Waals surface area contributed by atoms with Gasteiger partial charge < -0.3 is 11.2 Å². The van der Waals surface area contributed by atoms with Gasteiger partial charge in [0, 0.05) is 22.4 Å². The summed E-state index contributed by atoms with van der Waals surface area (Å²) in [4.78, 5) is 17.3. The van der Waals surface area contributed by atoms with Gasteiger partial charge in [-0.1, -0.05) is 18.2 Å². The number of rotatable bonds is 1. The Kier molecular flexibility index (Phi) is 10.3. The van der Waals surface area contributed by atoms with Crippen LogP contribution in [-0.4, -0.2) is 9.79 Å². The summed E-state index contributed by atoms with van der Waals surface area (Å²) in [6.45, 7) is 0. The van der Waals surface area contributed by atoms with E-state index in [1.54, 1.807) is 24.3 Å². The van der Waals surface area contributed by atoms with Crippen LogP contribution in [0.25, 0.3) is 0 Å². The van der Waals surface area contributed by atoms with Crippen LogP contribution in [0.1, 0.15) is 1.43 Å². The molecular formula is C6H8MnNaO2P. The monoisotopic (exact) mass is 221 g/mol. The first-order chi connectivity index (χ1) is 4.30. The normalized spacial score (nSPS) is 8.27. The molecule has 0 aliphatic heterocycles. The van der Waals surface area contributed by atoms with Crippen molar-refractivity contribution >= 4 is 13.7 Å². The maximum atomic E-state index is 8.64. The SMILES string of the molecule is OP(O)c1ccccc1.[H-].[Mn].[Na+]. The van der Waals surface area contributed by atoms with Crippen LogP contribution in [-0.2, 0) is 17.1 Å². The molecule has 0 spiro atoms. The van der Waals surface area contributed by atoms with Gasteiger partial charge in [0.15, 0.2) is 8.38 Å². The topological polar surface area (TPSA) is 40.5 Å². The molecule has 0 amide bonds. The molecule has 57 valence electrons. The summed E-state index contributed by atoms with van der Waals surface area (Å²) in [6.07, 6.45) is 0. The number of hydrogen-bond acceptors (Lipinski definition) is 2. The van der Waals surface area contributed by atoms with Crippen LogP contribution in [0.15, 0.2) is 30.3 Å². The van der Waals surface area contributed by atoms with Crippen LogP contribution in [0.2, 0.25) is 0 Å². The summed E-state index contributed by atoms with van der Waals surface area (Å²) >= 11 is 0. The second kappa shape index (κ2) is 7.72. The maximum Gasteiger partial charge on any atom is 1.00 e. The first kappa shape index (κ1) is 14.6. The van der Waals surface area contributed by atoms with Gasteiger partial charge in [0.1, 0.15) is 0 Å². The van der Waals surface area contributed by atoms with E-state index in [4.69, 9.17) is 9.79 Å². The molecule has 1 aromatic rings. The molecule has 1 rings (SSSR count). The van der Waals surface area contributed by atoms with E-state index >= 15 is 0 Å². The van der Waals surface area contributed by atoms with Crippen LogP contribution >= 0.6 is 8.38 Å². The van der Waals surface area contributed by atoms with E-state index in [9.17, 15) is 0 Å². The largest absolute Gasteiger partial charge is 1.00 e. The van der Waals surface area contributed by atoms with Crippen molar-refractivity contribution < 1.29 is 57.8 Å². The fraction of sp³-hybridized carbons (Fsp3) is 0. The molecule has 0 saturated heterocycles. The van der Waals surface area contributed by atoms with E-state index in [2.05, 4.69) is 0 Å². The van der Waals surface area contributed by atoms with Gasteiger partial charge in [0.25, 0.3) is 0 Å². The van der Waals surface area contributed by atoms with Crippen LogP contribution in [0, 0.1) is 0 Å². The van der Waals surface area contributed by atoms with Gasteiger partial charge in [-0.3, -0.25) is 0 Å². The molecule has 0 atom stereocenters. The summed E-state index contributed by atoms with van der Waals surface area (Å²) in [5.41, 5.74) is 0. The number of hydrogen-bond donors (Lipinski definition) is 2. The fourth-order valence-electron chi connectivity index (χ4n) is 0.561. The van der Waals surface area contributed by atoms with Crippen molar-refractivity contribution in [2.24, 2.45) is 0 Å². The third-order valence-electron chi connectivity index (χ3n) is 0.987. The van der Waals surface area contributed by atoms with E-state index in [-0.39, 0.29) is 48.1 Å². The summed E-state index contributed by atoms with van der Waals surface area (Å²) in [7, 11) is -1.90. The minimum absolute atomic E-state index is 0. The first-order valence-electron chi connectivity index (χ1n) is 2.53. The molecule has 5 heteroatoms. The zero-order chi connectivity index (χ0) is 6.69. The Labute approximate surface area is 101 Å². The Morgan fingerprint density at radius 2 is 1.55 bits per heavy atom. The Bertz CT molecular complexity index is 188. The van der Waals surface area contributed by atoms with Gasteiger partial charge in [0.05, 0.1) is 0 Å². The van der Waals surface area contributed by atoms with E-state index in [1.165, 1.54) is 0 Å². The quantitative estimate of drug-likeness (QED) is 0.414. The van der Waals surface area contributed by atoms with Crippen molar-refractivity contribution in [2.45, 2.75) is 0 Å². The number of benzene rings is 1. The van der Waals surface area contributed by atoms with Crippen LogP contribution in [0.4, 0.5) is 0 Å². The second-order valence-corrected chi connectivity index (χ2v) is 2.72. The molecule has 0 saturated carbocycles. The molecular weight excluding hydrogens is 213 g/mol. The average Bonchev–Trinajstić information content (AvgIpc) is 1.90. The van der Waals surface area contributed by atoms with Crippen molar-refractivity contribution in [1.29, 1.82) is 0 Å². The molecule has 1 aromatic carbocycles. The van der Waals surface area contributed by atoms with Gasteiger partial charge in [0.2, 0.25) is 0 Å². The van der Waals surface area contributed by atoms with Crippen molar-refractivity contribution in [3.63, 3.8) is 0 Å². The smallest absolute Gasteiger partial charge is 1.00 e. The second-order valence-electron chi connectivity index (χ2n) is 1.62. The predicted molar refractivity (Wildman–Crippen MR) is 38.5 cm³/mol. The van der Waals surface area contributed by atoms with Gasteiger partial charge in [-0.05, 0) is 12.1 Å². The molecule has 2 nitrogen and oxygen atoms in total. The van der Waals surface area contributed by atoms with Crippen molar-refractivity contribution in [3.05, 3.63) is 30.3 Å². The van der Waals surface area contributed by atoms with Crippen molar-refractivity contribution in [3.8, 4) is 0 Å². The average molecular weight is 221 g/mol.